The minimum atomic E-state index is -3.15. The highest BCUT2D eigenvalue weighted by atomic mass is 16.5. The average Bonchev–Trinajstić information content (AvgIpc) is 2.84. The first kappa shape index (κ1) is 28.0. The average molecular weight is 542 g/mol. The number of amides is 1. The third kappa shape index (κ3) is 3.08. The molecule has 15 heteroatoms. The van der Waals surface area contributed by atoms with Gasteiger partial charge >= 0.3 is 5.97 Å². The van der Waals surface area contributed by atoms with E-state index in [-0.39, 0.29) is 5.56 Å². The van der Waals surface area contributed by atoms with Gasteiger partial charge in [-0.3, -0.25) is 33.7 Å². The Bertz CT molecular complexity index is 1400. The van der Waals surface area contributed by atoms with E-state index in [0.29, 0.717) is 0 Å². The highest BCUT2D eigenvalue weighted by Gasteiger charge is 2.84. The summed E-state index contributed by atoms with van der Waals surface area (Å²) in [5, 5.41) is 21.0. The Kier molecular flexibility index (Phi) is 6.25. The number of ketones is 4. The van der Waals surface area contributed by atoms with E-state index >= 15 is 0 Å². The quantitative estimate of drug-likeness (QED) is 0.155. The molecule has 0 saturated heterocycles. The Morgan fingerprint density at radius 2 is 1.77 bits per heavy atom. The van der Waals surface area contributed by atoms with Crippen molar-refractivity contribution >= 4 is 35.0 Å². The zero-order valence-electron chi connectivity index (χ0n) is 20.9. The lowest BCUT2D eigenvalue weighted by molar-refractivity contribution is -0.194. The molecule has 1 amide bonds. The molecular weight excluding hydrogens is 514 g/mol. The minimum absolute atomic E-state index is 0.0433. The van der Waals surface area contributed by atoms with Crippen LogP contribution in [0.1, 0.15) is 22.0 Å². The number of nitriles is 1. The number of carbonyl (C=O) groups excluding carboxylic acids is 6. The molecule has 4 rings (SSSR count). The van der Waals surface area contributed by atoms with Crippen LogP contribution in [0.15, 0.2) is 18.2 Å². The summed E-state index contributed by atoms with van der Waals surface area (Å²) in [4.78, 5) is 81.8. The number of phenols is 1. The number of nitrogens with zero attached hydrogens (tertiary/aromatic N) is 2. The second-order valence-electron chi connectivity index (χ2n) is 10.2. The molecule has 0 aliphatic heterocycles. The van der Waals surface area contributed by atoms with E-state index in [2.05, 4.69) is 0 Å². The van der Waals surface area contributed by atoms with Crippen LogP contribution in [0.5, 0.6) is 5.75 Å². The van der Waals surface area contributed by atoms with Crippen LogP contribution in [0.25, 0.3) is 0 Å². The van der Waals surface area contributed by atoms with E-state index in [1.165, 1.54) is 26.2 Å². The summed E-state index contributed by atoms with van der Waals surface area (Å²) < 4.78 is 5.54. The number of ether oxygens (including phenoxy) is 1. The smallest absolute Gasteiger partial charge is 0.320 e. The summed E-state index contributed by atoms with van der Waals surface area (Å²) in [5.74, 6) is -13.1. The van der Waals surface area contributed by atoms with Crippen molar-refractivity contribution in [2.75, 3.05) is 20.6 Å². The molecule has 0 aromatic heterocycles. The number of hydrogen-bond donors (Lipinski definition) is 6. The van der Waals surface area contributed by atoms with Gasteiger partial charge < -0.3 is 38.5 Å². The number of primary amides is 1. The number of esters is 1. The van der Waals surface area contributed by atoms with Gasteiger partial charge in [0.1, 0.15) is 23.3 Å². The molecule has 1 aromatic rings. The van der Waals surface area contributed by atoms with E-state index in [0.717, 1.165) is 11.0 Å². The molecule has 3 aliphatic rings. The Labute approximate surface area is 221 Å². The van der Waals surface area contributed by atoms with Gasteiger partial charge in [-0.25, -0.2) is 0 Å². The fourth-order valence-corrected chi connectivity index (χ4v) is 6.57. The first-order valence-electron chi connectivity index (χ1n) is 11.7. The van der Waals surface area contributed by atoms with Crippen LogP contribution in [-0.4, -0.2) is 88.9 Å². The number of phenolic OH excluding ortho intramolecular Hbond substituents is 1. The van der Waals surface area contributed by atoms with Crippen molar-refractivity contribution < 1.29 is 38.6 Å². The Hall–Kier alpha value is -4.07. The summed E-state index contributed by atoms with van der Waals surface area (Å²) in [5.41, 5.74) is 22.0. The molecule has 15 nitrogen and oxygen atoms in total. The molecule has 3 aliphatic carbocycles. The molecule has 2 fully saturated rings. The predicted octanol–water partition coefficient (Wildman–Crippen LogP) is -4.25. The maximum absolute atomic E-state index is 14.4. The maximum Gasteiger partial charge on any atom is 0.320 e. The van der Waals surface area contributed by atoms with Crippen molar-refractivity contribution in [2.45, 2.75) is 29.3 Å². The summed E-state index contributed by atoms with van der Waals surface area (Å²) in [7, 11) is 2.60. The number of fused-ring (bicyclic) bond motifs is 3. The molecule has 39 heavy (non-hydrogen) atoms. The topological polar surface area (TPSA) is 289 Å². The van der Waals surface area contributed by atoms with Crippen molar-refractivity contribution in [1.29, 1.82) is 5.26 Å². The van der Waals surface area contributed by atoms with E-state index in [1.54, 1.807) is 6.07 Å². The zero-order valence-corrected chi connectivity index (χ0v) is 20.9. The van der Waals surface area contributed by atoms with E-state index in [4.69, 9.17) is 33.4 Å². The van der Waals surface area contributed by atoms with Gasteiger partial charge in [0, 0.05) is 0 Å². The van der Waals surface area contributed by atoms with Crippen LogP contribution in [-0.2, 0) is 28.7 Å². The van der Waals surface area contributed by atoms with Crippen molar-refractivity contribution in [3.05, 3.63) is 29.3 Å². The Morgan fingerprint density at radius 1 is 1.15 bits per heavy atom. The lowest BCUT2D eigenvalue weighted by atomic mass is 9.41. The molecule has 2 saturated carbocycles. The third-order valence-corrected chi connectivity index (χ3v) is 8.15. The summed E-state index contributed by atoms with van der Waals surface area (Å²) >= 11 is 0. The third-order valence-electron chi connectivity index (χ3n) is 8.15. The number of Topliss-reactive ketones (excluding diaryl/α,β-unsaturated/α-hetero) is 4. The Morgan fingerprint density at radius 3 is 2.28 bits per heavy atom. The molecule has 0 radical (unpaired) electrons. The largest absolute Gasteiger partial charge is 0.507 e. The van der Waals surface area contributed by atoms with Crippen LogP contribution >= 0.6 is 0 Å². The lowest BCUT2D eigenvalue weighted by Gasteiger charge is -2.64. The van der Waals surface area contributed by atoms with Gasteiger partial charge in [-0.15, -0.1) is 0 Å². The van der Waals surface area contributed by atoms with Gasteiger partial charge in [-0.05, 0) is 25.7 Å². The number of rotatable bonds is 4. The van der Waals surface area contributed by atoms with Crippen LogP contribution < -0.4 is 28.7 Å². The van der Waals surface area contributed by atoms with Gasteiger partial charge in [0.25, 0.3) is 0 Å². The van der Waals surface area contributed by atoms with Crippen molar-refractivity contribution in [3.8, 4) is 11.8 Å². The number of aromatic hydroxyl groups is 1. The molecule has 11 N–H and O–H groups in total. The summed E-state index contributed by atoms with van der Waals surface area (Å²) in [6.07, 6.45) is -2.15. The second-order valence-corrected chi connectivity index (χ2v) is 10.2. The SMILES string of the molecule is CN(C)[C@@H]1C(=O)C(C(N)=O)C(=O)[C@@]2(C#N)C(=O)C3C(=O)c4c(O)cccc4[C@H](N)[C@@]3(N)[C@H](OC(=O)CN)[C@@]12N. The monoisotopic (exact) mass is 541 g/mol. The second kappa shape index (κ2) is 8.73. The van der Waals surface area contributed by atoms with Crippen molar-refractivity contribution in [1.82, 2.24) is 4.90 Å². The molecule has 0 spiro atoms. The summed E-state index contributed by atoms with van der Waals surface area (Å²) in [6.45, 7) is -0.764. The molecule has 206 valence electrons. The van der Waals surface area contributed by atoms with Crippen LogP contribution in [0.4, 0.5) is 0 Å². The highest BCUT2D eigenvalue weighted by Crippen LogP contribution is 2.59. The van der Waals surface area contributed by atoms with Crippen LogP contribution in [0.2, 0.25) is 0 Å². The number of benzene rings is 1. The fourth-order valence-electron chi connectivity index (χ4n) is 6.57. The molecule has 8 atom stereocenters. The van der Waals surface area contributed by atoms with Gasteiger partial charge in [0.15, 0.2) is 34.5 Å². The molecular formula is C24H27N7O8. The zero-order chi connectivity index (χ0) is 29.4. The van der Waals surface area contributed by atoms with E-state index in [9.17, 15) is 39.1 Å². The Balaban J connectivity index is 2.19. The standard InChI is InChI=1S/C24H27N7O8/c1-31(2)17-15(35)12(20(28)38)18(36)22(7-26)19(37)13-14(34)11-8(4-3-5-9(11)32)16(27)23(13,29)21(24(17,22)30)39-10(33)6-25/h3-5,12-13,16-17,21,32H,6,25,27,29-30H2,1-2H3,(H2,28,38)/t12?,13?,16-,17+,21-,22-,23+,24-/m0/s1. The van der Waals surface area contributed by atoms with Crippen molar-refractivity contribution in [2.24, 2.45) is 45.9 Å². The molecule has 0 bridgehead atoms. The highest BCUT2D eigenvalue weighted by molar-refractivity contribution is 6.33. The number of likely N-dealkylation sites (N-methyl/N-ethyl adjacent to an activating group) is 1. The molecule has 1 aromatic carbocycles. The minimum Gasteiger partial charge on any atom is -0.507 e. The maximum atomic E-state index is 14.4. The lowest BCUT2D eigenvalue weighted by Crippen LogP contribution is -2.92. The van der Waals surface area contributed by atoms with E-state index < -0.39 is 99.4 Å². The van der Waals surface area contributed by atoms with Gasteiger partial charge in [0.05, 0.1) is 35.8 Å². The number of carbonyl (C=O) groups is 6. The predicted molar refractivity (Wildman–Crippen MR) is 129 cm³/mol. The fraction of sp³-hybridized carbons (Fsp3) is 0.458. The number of hydrogen-bond acceptors (Lipinski definition) is 14. The molecule has 0 heterocycles. The first-order valence-corrected chi connectivity index (χ1v) is 11.7. The summed E-state index contributed by atoms with van der Waals surface area (Å²) in [6, 6.07) is 1.97. The van der Waals surface area contributed by atoms with Gasteiger partial charge in [-0.2, -0.15) is 5.26 Å². The normalized spacial score (nSPS) is 37.4. The van der Waals surface area contributed by atoms with Crippen LogP contribution in [0.3, 0.4) is 0 Å². The van der Waals surface area contributed by atoms with E-state index in [1.807, 2.05) is 0 Å². The van der Waals surface area contributed by atoms with Gasteiger partial charge in [0.2, 0.25) is 5.91 Å². The number of nitrogens with two attached hydrogens (primary N) is 5. The van der Waals surface area contributed by atoms with Crippen LogP contribution in [0, 0.1) is 28.6 Å². The van der Waals surface area contributed by atoms with Gasteiger partial charge in [-0.1, -0.05) is 12.1 Å². The molecule has 2 unspecified atom stereocenters. The van der Waals surface area contributed by atoms with Crippen molar-refractivity contribution in [3.63, 3.8) is 0 Å². The first-order chi connectivity index (χ1) is 18.1.